The fourth-order valence-corrected chi connectivity index (χ4v) is 7.27. The SMILES string of the molecule is C=CC(=O)Nc1cc(Nc2cc(N3OCC[C@@H]3c3ccc(Cl)c(F)c3)ncn2)c(OC)cc1N1CCC(N2CCN(C3CC3)CC2)CC1. The van der Waals surface area contributed by atoms with Gasteiger partial charge in [-0.25, -0.2) is 19.4 Å². The summed E-state index contributed by atoms with van der Waals surface area (Å²) in [5.74, 6) is 0.833. The Morgan fingerprint density at radius 1 is 0.979 bits per heavy atom. The second-order valence-corrected chi connectivity index (χ2v) is 13.2. The summed E-state index contributed by atoms with van der Waals surface area (Å²) < 4.78 is 20.1. The van der Waals surface area contributed by atoms with Gasteiger partial charge in [-0.15, -0.1) is 0 Å². The van der Waals surface area contributed by atoms with Crippen molar-refractivity contribution in [1.82, 2.24) is 19.8 Å². The molecule has 1 saturated carbocycles. The summed E-state index contributed by atoms with van der Waals surface area (Å²) in [4.78, 5) is 35.0. The highest BCUT2D eigenvalue weighted by Crippen LogP contribution is 2.41. The number of hydroxylamine groups is 1. The average molecular weight is 677 g/mol. The molecule has 4 heterocycles. The van der Waals surface area contributed by atoms with E-state index in [1.165, 1.54) is 44.4 Å². The Morgan fingerprint density at radius 3 is 2.38 bits per heavy atom. The smallest absolute Gasteiger partial charge is 0.247 e. The van der Waals surface area contributed by atoms with Crippen molar-refractivity contribution in [2.24, 2.45) is 0 Å². The van der Waals surface area contributed by atoms with E-state index in [4.69, 9.17) is 21.2 Å². The Bertz CT molecular complexity index is 1640. The maximum Gasteiger partial charge on any atom is 0.247 e. The van der Waals surface area contributed by atoms with E-state index in [9.17, 15) is 9.18 Å². The van der Waals surface area contributed by atoms with E-state index in [0.29, 0.717) is 47.8 Å². The Balaban J connectivity index is 1.08. The van der Waals surface area contributed by atoms with E-state index in [1.54, 1.807) is 30.4 Å². The predicted octanol–water partition coefficient (Wildman–Crippen LogP) is 5.78. The number of rotatable bonds is 10. The van der Waals surface area contributed by atoms with Crippen LogP contribution in [0.2, 0.25) is 5.02 Å². The highest BCUT2D eigenvalue weighted by molar-refractivity contribution is 6.30. The van der Waals surface area contributed by atoms with Crippen molar-refractivity contribution in [2.45, 2.75) is 50.2 Å². The van der Waals surface area contributed by atoms with E-state index >= 15 is 0 Å². The first kappa shape index (κ1) is 32.6. The molecule has 0 spiro atoms. The van der Waals surface area contributed by atoms with Crippen LogP contribution in [0.5, 0.6) is 5.75 Å². The highest BCUT2D eigenvalue weighted by atomic mass is 35.5. The molecule has 254 valence electrons. The quantitative estimate of drug-likeness (QED) is 0.257. The molecule has 11 nitrogen and oxygen atoms in total. The van der Waals surface area contributed by atoms with Gasteiger partial charge in [0.2, 0.25) is 5.91 Å². The van der Waals surface area contributed by atoms with Crippen molar-refractivity contribution >= 4 is 46.2 Å². The van der Waals surface area contributed by atoms with Gasteiger partial charge in [0.15, 0.2) is 5.82 Å². The fraction of sp³-hybridized carbons (Fsp3) is 0.457. The lowest BCUT2D eigenvalue weighted by Crippen LogP contribution is -2.53. The van der Waals surface area contributed by atoms with Crippen LogP contribution in [-0.2, 0) is 9.63 Å². The van der Waals surface area contributed by atoms with Crippen LogP contribution in [-0.4, -0.2) is 90.7 Å². The third-order valence-corrected chi connectivity index (χ3v) is 10.2. The molecule has 7 rings (SSSR count). The van der Waals surface area contributed by atoms with Crippen molar-refractivity contribution in [2.75, 3.05) is 73.6 Å². The number of hydrogen-bond donors (Lipinski definition) is 2. The molecule has 48 heavy (non-hydrogen) atoms. The number of benzene rings is 2. The van der Waals surface area contributed by atoms with Gasteiger partial charge in [0.25, 0.3) is 0 Å². The molecule has 0 unspecified atom stereocenters. The van der Waals surface area contributed by atoms with Crippen LogP contribution in [0.3, 0.4) is 0 Å². The van der Waals surface area contributed by atoms with Crippen LogP contribution >= 0.6 is 11.6 Å². The number of nitrogens with one attached hydrogen (secondary N) is 2. The van der Waals surface area contributed by atoms with Crippen LogP contribution in [0, 0.1) is 5.82 Å². The Hall–Kier alpha value is -3.97. The van der Waals surface area contributed by atoms with E-state index < -0.39 is 5.82 Å². The molecule has 0 bridgehead atoms. The number of nitrogens with zero attached hydrogens (tertiary/aromatic N) is 6. The maximum atomic E-state index is 14.3. The lowest BCUT2D eigenvalue weighted by molar-refractivity contribution is -0.111. The zero-order valence-corrected chi connectivity index (χ0v) is 28.0. The minimum atomic E-state index is -0.479. The summed E-state index contributed by atoms with van der Waals surface area (Å²) in [5.41, 5.74) is 2.91. The third-order valence-electron chi connectivity index (χ3n) is 9.87. The minimum Gasteiger partial charge on any atom is -0.494 e. The molecule has 1 aromatic heterocycles. The molecule has 0 radical (unpaired) electrons. The van der Waals surface area contributed by atoms with Gasteiger partial charge >= 0.3 is 0 Å². The Kier molecular flexibility index (Phi) is 9.67. The first-order chi connectivity index (χ1) is 23.4. The zero-order valence-electron chi connectivity index (χ0n) is 27.2. The highest BCUT2D eigenvalue weighted by Gasteiger charge is 2.34. The van der Waals surface area contributed by atoms with Crippen LogP contribution in [0.4, 0.5) is 33.1 Å². The second kappa shape index (κ2) is 14.3. The van der Waals surface area contributed by atoms with Gasteiger partial charge in [-0.1, -0.05) is 24.2 Å². The van der Waals surface area contributed by atoms with Gasteiger partial charge in [-0.3, -0.25) is 19.4 Å². The molecule has 3 saturated heterocycles. The number of ether oxygens (including phenoxy) is 1. The predicted molar refractivity (Wildman–Crippen MR) is 186 cm³/mol. The van der Waals surface area contributed by atoms with Crippen molar-refractivity contribution in [3.63, 3.8) is 0 Å². The number of piperazine rings is 1. The number of carbonyl (C=O) groups is 1. The Morgan fingerprint density at radius 2 is 1.71 bits per heavy atom. The van der Waals surface area contributed by atoms with Gasteiger partial charge in [0.05, 0.1) is 41.8 Å². The fourth-order valence-electron chi connectivity index (χ4n) is 7.15. The molecule has 3 aliphatic heterocycles. The summed E-state index contributed by atoms with van der Waals surface area (Å²) in [6, 6.07) is 11.5. The number of piperidine rings is 1. The minimum absolute atomic E-state index is 0.0727. The van der Waals surface area contributed by atoms with Crippen LogP contribution in [0.15, 0.2) is 55.4 Å². The van der Waals surface area contributed by atoms with E-state index in [2.05, 4.69) is 41.9 Å². The van der Waals surface area contributed by atoms with E-state index in [0.717, 1.165) is 56.3 Å². The number of methoxy groups -OCH3 is 1. The van der Waals surface area contributed by atoms with Gasteiger partial charge < -0.3 is 20.3 Å². The van der Waals surface area contributed by atoms with Gasteiger partial charge in [0, 0.05) is 69.9 Å². The molecular weight excluding hydrogens is 635 g/mol. The average Bonchev–Trinajstić information content (AvgIpc) is 3.85. The summed E-state index contributed by atoms with van der Waals surface area (Å²) in [6.45, 7) is 10.5. The number of amides is 1. The van der Waals surface area contributed by atoms with Crippen molar-refractivity contribution in [1.29, 1.82) is 0 Å². The molecule has 1 amide bonds. The molecular formula is C35H42ClFN8O3. The van der Waals surface area contributed by atoms with Crippen LogP contribution in [0.1, 0.15) is 43.7 Å². The van der Waals surface area contributed by atoms with Gasteiger partial charge in [0.1, 0.15) is 23.7 Å². The van der Waals surface area contributed by atoms with E-state index in [-0.39, 0.29) is 17.0 Å². The normalized spacial score (nSPS) is 20.9. The monoisotopic (exact) mass is 676 g/mol. The van der Waals surface area contributed by atoms with Crippen molar-refractivity contribution < 1.29 is 18.8 Å². The summed E-state index contributed by atoms with van der Waals surface area (Å²) in [6.07, 6.45) is 8.22. The van der Waals surface area contributed by atoms with Crippen LogP contribution < -0.4 is 25.3 Å². The molecule has 4 fully saturated rings. The second-order valence-electron chi connectivity index (χ2n) is 12.8. The summed E-state index contributed by atoms with van der Waals surface area (Å²) in [7, 11) is 1.62. The molecule has 2 N–H and O–H groups in total. The van der Waals surface area contributed by atoms with Crippen molar-refractivity contribution in [3.8, 4) is 5.75 Å². The molecule has 1 atom stereocenters. The molecule has 4 aliphatic rings. The largest absolute Gasteiger partial charge is 0.494 e. The molecule has 3 aromatic rings. The first-order valence-electron chi connectivity index (χ1n) is 16.7. The summed E-state index contributed by atoms with van der Waals surface area (Å²) in [5, 5.41) is 8.09. The standard InChI is InChI=1S/C35H42ClFN8O3/c1-3-35(46)41-28-19-29(40-33-21-34(39-22-38-33)45-30(10-17-48-45)23-4-7-26(36)27(37)18-23)32(47-2)20-31(28)44-11-8-25(9-12-44)43-15-13-42(14-16-43)24-5-6-24/h3-4,7,18-22,24-25,30H,1,5-6,8-17H2,2H3,(H,41,46)(H,38,39,40)/t30-/m1/s1. The van der Waals surface area contributed by atoms with Gasteiger partial charge in [-0.05, 0) is 55.5 Å². The number of anilines is 5. The number of halogens is 2. The van der Waals surface area contributed by atoms with E-state index in [1.807, 2.05) is 12.1 Å². The number of hydrogen-bond acceptors (Lipinski definition) is 10. The van der Waals surface area contributed by atoms with Crippen molar-refractivity contribution in [3.05, 3.63) is 71.8 Å². The first-order valence-corrected chi connectivity index (χ1v) is 17.1. The topological polar surface area (TPSA) is 98.3 Å². The molecule has 1 aliphatic carbocycles. The molecule has 13 heteroatoms. The van der Waals surface area contributed by atoms with Crippen LogP contribution in [0.25, 0.3) is 0 Å². The number of carbonyl (C=O) groups excluding carboxylic acids is 1. The summed E-state index contributed by atoms with van der Waals surface area (Å²) >= 11 is 5.92. The third kappa shape index (κ3) is 7.07. The lowest BCUT2D eigenvalue weighted by Gasteiger charge is -2.43. The zero-order chi connectivity index (χ0) is 33.2. The van der Waals surface area contributed by atoms with Gasteiger partial charge in [-0.2, -0.15) is 0 Å². The maximum absolute atomic E-state index is 14.3. The molecule has 2 aromatic carbocycles. The number of aromatic nitrogens is 2. The Labute approximate surface area is 285 Å². The lowest BCUT2D eigenvalue weighted by atomic mass is 10.0.